The molecule has 5 heteroatoms. The van der Waals surface area contributed by atoms with Crippen LogP contribution in [0.3, 0.4) is 0 Å². The van der Waals surface area contributed by atoms with E-state index in [0.717, 1.165) is 26.0 Å². The molecule has 1 aliphatic heterocycles. The van der Waals surface area contributed by atoms with E-state index >= 15 is 0 Å². The first-order valence-corrected chi connectivity index (χ1v) is 8.93. The summed E-state index contributed by atoms with van der Waals surface area (Å²) >= 11 is 0. The molecule has 2 aliphatic rings. The van der Waals surface area contributed by atoms with Crippen molar-refractivity contribution in [2.75, 3.05) is 26.5 Å². The minimum Gasteiger partial charge on any atom is -0.355 e. The van der Waals surface area contributed by atoms with E-state index in [9.17, 15) is 4.79 Å². The average Bonchev–Trinajstić information content (AvgIpc) is 3.02. The summed E-state index contributed by atoms with van der Waals surface area (Å²) in [7, 11) is 0. The molecule has 127 valence electrons. The summed E-state index contributed by atoms with van der Waals surface area (Å²) in [5.74, 6) is 0.738. The smallest absolute Gasteiger partial charge is 0.238 e. The Balaban J connectivity index is 1.55. The molecule has 1 amide bonds. The standard InChI is InChI=1S/C17H31N2O3/c1-2-3-9-21-13-22-15-10-16(18-12-15)17(20)19-11-14-7-5-4-6-8-14/h14-16H,2-13H2,1H3,(H,19,20). The number of carbonyl (C=O) groups is 1. The molecule has 22 heavy (non-hydrogen) atoms. The van der Waals surface area contributed by atoms with Gasteiger partial charge in [0.1, 0.15) is 12.8 Å². The number of rotatable bonds is 9. The number of unbranched alkanes of at least 4 members (excludes halogenated alkanes) is 1. The molecule has 0 aromatic carbocycles. The molecule has 2 unspecified atom stereocenters. The Hall–Kier alpha value is -0.650. The summed E-state index contributed by atoms with van der Waals surface area (Å²) in [6.45, 7) is 4.62. The van der Waals surface area contributed by atoms with Crippen LogP contribution in [-0.2, 0) is 14.3 Å². The molecule has 1 heterocycles. The van der Waals surface area contributed by atoms with Gasteiger partial charge in [-0.15, -0.1) is 0 Å². The molecule has 0 bridgehead atoms. The van der Waals surface area contributed by atoms with Gasteiger partial charge >= 0.3 is 0 Å². The van der Waals surface area contributed by atoms with Gasteiger partial charge in [0.25, 0.3) is 0 Å². The van der Waals surface area contributed by atoms with Crippen molar-refractivity contribution in [3.05, 3.63) is 0 Å². The number of ether oxygens (including phenoxy) is 2. The highest BCUT2D eigenvalue weighted by atomic mass is 16.7. The van der Waals surface area contributed by atoms with Crippen LogP contribution < -0.4 is 10.6 Å². The topological polar surface area (TPSA) is 61.7 Å². The largest absolute Gasteiger partial charge is 0.355 e. The van der Waals surface area contributed by atoms with Gasteiger partial charge in [-0.3, -0.25) is 4.79 Å². The van der Waals surface area contributed by atoms with Crippen molar-refractivity contribution >= 4 is 5.91 Å². The fourth-order valence-corrected chi connectivity index (χ4v) is 3.16. The van der Waals surface area contributed by atoms with Gasteiger partial charge in [0, 0.05) is 26.1 Å². The molecule has 0 aromatic heterocycles. The van der Waals surface area contributed by atoms with Crippen molar-refractivity contribution in [1.82, 2.24) is 10.6 Å². The Kier molecular flexibility index (Phi) is 8.20. The van der Waals surface area contributed by atoms with Crippen LogP contribution in [0, 0.1) is 5.92 Å². The van der Waals surface area contributed by atoms with Gasteiger partial charge in [0.2, 0.25) is 5.91 Å². The minimum absolute atomic E-state index is 0.0343. The van der Waals surface area contributed by atoms with Crippen molar-refractivity contribution in [3.63, 3.8) is 0 Å². The summed E-state index contributed by atoms with van der Waals surface area (Å²) in [6, 6.07) is -0.232. The second-order valence-electron chi connectivity index (χ2n) is 6.53. The van der Waals surface area contributed by atoms with E-state index in [1.807, 2.05) is 0 Å². The fourth-order valence-electron chi connectivity index (χ4n) is 3.16. The summed E-state index contributed by atoms with van der Waals surface area (Å²) in [5, 5.41) is 7.48. The van der Waals surface area contributed by atoms with Crippen LogP contribution >= 0.6 is 0 Å². The molecule has 1 saturated carbocycles. The second-order valence-corrected chi connectivity index (χ2v) is 6.53. The normalized spacial score (nSPS) is 26.2. The number of hydrogen-bond donors (Lipinski definition) is 1. The number of nitrogens with zero attached hydrogens (tertiary/aromatic N) is 1. The zero-order valence-corrected chi connectivity index (χ0v) is 13.9. The zero-order chi connectivity index (χ0) is 15.6. The highest BCUT2D eigenvalue weighted by Gasteiger charge is 2.31. The number of nitrogens with one attached hydrogen (secondary N) is 1. The van der Waals surface area contributed by atoms with Gasteiger partial charge in [-0.2, -0.15) is 0 Å². The molecular formula is C17H31N2O3. The van der Waals surface area contributed by atoms with Gasteiger partial charge < -0.3 is 14.8 Å². The van der Waals surface area contributed by atoms with E-state index in [1.165, 1.54) is 32.1 Å². The maximum Gasteiger partial charge on any atom is 0.238 e. The Morgan fingerprint density at radius 3 is 2.86 bits per heavy atom. The second kappa shape index (κ2) is 10.2. The Morgan fingerprint density at radius 1 is 1.27 bits per heavy atom. The SMILES string of the molecule is CCCCOCOC1C[N]C(C(=O)NCC2CCCCC2)C1. The van der Waals surface area contributed by atoms with E-state index in [1.54, 1.807) is 0 Å². The lowest BCUT2D eigenvalue weighted by molar-refractivity contribution is -0.123. The number of hydrogen-bond acceptors (Lipinski definition) is 3. The predicted molar refractivity (Wildman–Crippen MR) is 85.6 cm³/mol. The lowest BCUT2D eigenvalue weighted by Gasteiger charge is -2.22. The Morgan fingerprint density at radius 2 is 2.09 bits per heavy atom. The van der Waals surface area contributed by atoms with E-state index < -0.39 is 0 Å². The zero-order valence-electron chi connectivity index (χ0n) is 13.9. The summed E-state index contributed by atoms with van der Waals surface area (Å²) in [6.07, 6.45) is 9.38. The van der Waals surface area contributed by atoms with Crippen LogP contribution in [-0.4, -0.2) is 44.5 Å². The highest BCUT2D eigenvalue weighted by Crippen LogP contribution is 2.23. The monoisotopic (exact) mass is 311 g/mol. The maximum absolute atomic E-state index is 12.2. The molecule has 1 radical (unpaired) electrons. The number of carbonyl (C=O) groups excluding carboxylic acids is 1. The molecule has 2 fully saturated rings. The third-order valence-electron chi connectivity index (χ3n) is 4.64. The summed E-state index contributed by atoms with van der Waals surface area (Å²) < 4.78 is 11.0. The van der Waals surface area contributed by atoms with Crippen molar-refractivity contribution in [3.8, 4) is 0 Å². The van der Waals surface area contributed by atoms with Crippen LogP contribution in [0.25, 0.3) is 0 Å². The van der Waals surface area contributed by atoms with E-state index in [4.69, 9.17) is 9.47 Å². The van der Waals surface area contributed by atoms with Crippen LogP contribution in [0.1, 0.15) is 58.3 Å². The molecule has 0 spiro atoms. The summed E-state index contributed by atoms with van der Waals surface area (Å²) in [4.78, 5) is 12.2. The average molecular weight is 311 g/mol. The van der Waals surface area contributed by atoms with Gasteiger partial charge in [0.15, 0.2) is 0 Å². The third kappa shape index (κ3) is 6.23. The van der Waals surface area contributed by atoms with Gasteiger partial charge in [-0.25, -0.2) is 5.32 Å². The molecule has 5 nitrogen and oxygen atoms in total. The van der Waals surface area contributed by atoms with Crippen molar-refractivity contribution < 1.29 is 14.3 Å². The molecule has 0 aromatic rings. The molecule has 2 rings (SSSR count). The highest BCUT2D eigenvalue weighted by molar-refractivity contribution is 5.82. The quantitative estimate of drug-likeness (QED) is 0.524. The lowest BCUT2D eigenvalue weighted by atomic mass is 9.89. The van der Waals surface area contributed by atoms with Crippen molar-refractivity contribution in [2.24, 2.45) is 5.92 Å². The van der Waals surface area contributed by atoms with E-state index in [2.05, 4.69) is 17.6 Å². The lowest BCUT2D eigenvalue weighted by Crippen LogP contribution is -2.40. The van der Waals surface area contributed by atoms with Gasteiger partial charge in [-0.1, -0.05) is 32.6 Å². The van der Waals surface area contributed by atoms with Crippen LogP contribution in [0.2, 0.25) is 0 Å². The number of amides is 1. The van der Waals surface area contributed by atoms with Gasteiger partial charge in [-0.05, 0) is 25.2 Å². The predicted octanol–water partition coefficient (Wildman–Crippen LogP) is 2.22. The van der Waals surface area contributed by atoms with E-state index in [-0.39, 0.29) is 18.1 Å². The van der Waals surface area contributed by atoms with Gasteiger partial charge in [0.05, 0.1) is 6.10 Å². The molecule has 2 atom stereocenters. The van der Waals surface area contributed by atoms with Crippen LogP contribution in [0.4, 0.5) is 0 Å². The molecule has 1 aliphatic carbocycles. The van der Waals surface area contributed by atoms with Crippen molar-refractivity contribution in [2.45, 2.75) is 70.4 Å². The van der Waals surface area contributed by atoms with Crippen LogP contribution in [0.5, 0.6) is 0 Å². The Labute approximate surface area is 134 Å². The Bertz CT molecular complexity index is 319. The summed E-state index contributed by atoms with van der Waals surface area (Å²) in [5.41, 5.74) is 0. The fraction of sp³-hybridized carbons (Fsp3) is 0.941. The first-order valence-electron chi connectivity index (χ1n) is 8.93. The maximum atomic E-state index is 12.2. The molecular weight excluding hydrogens is 280 g/mol. The minimum atomic E-state index is -0.232. The van der Waals surface area contributed by atoms with Crippen LogP contribution in [0.15, 0.2) is 0 Å². The third-order valence-corrected chi connectivity index (χ3v) is 4.64. The van der Waals surface area contributed by atoms with E-state index in [0.29, 0.717) is 25.7 Å². The first-order chi connectivity index (χ1) is 10.8. The molecule has 1 N–H and O–H groups in total. The van der Waals surface area contributed by atoms with Crippen molar-refractivity contribution in [1.29, 1.82) is 0 Å². The first kappa shape index (κ1) is 17.7. The molecule has 1 saturated heterocycles.